The minimum absolute atomic E-state index is 0.0131. The molecule has 0 unspecified atom stereocenters. The van der Waals surface area contributed by atoms with Crippen LogP contribution in [-0.4, -0.2) is 47.0 Å². The summed E-state index contributed by atoms with van der Waals surface area (Å²) in [5.74, 6) is -3.47. The fourth-order valence-corrected chi connectivity index (χ4v) is 6.07. The third-order valence-corrected chi connectivity index (χ3v) is 8.28. The number of carboxylic acids is 2. The Hall–Kier alpha value is -3.20. The van der Waals surface area contributed by atoms with Crippen LogP contribution in [-0.2, 0) is 19.6 Å². The molecule has 9 heteroatoms. The number of carboxylic acid groups (broad SMARTS) is 2. The maximum absolute atomic E-state index is 13.6. The summed E-state index contributed by atoms with van der Waals surface area (Å²) in [5.41, 5.74) is 1.30. The van der Waals surface area contributed by atoms with Gasteiger partial charge in [-0.2, -0.15) is 4.31 Å². The first-order valence-corrected chi connectivity index (χ1v) is 12.3. The average Bonchev–Trinajstić information content (AvgIpc) is 3.55. The molecule has 7 nitrogen and oxygen atoms in total. The van der Waals surface area contributed by atoms with Gasteiger partial charge in [0.15, 0.2) is 0 Å². The van der Waals surface area contributed by atoms with Gasteiger partial charge in [0.05, 0.1) is 4.90 Å². The number of hydrogen-bond acceptors (Lipinski definition) is 4. The second kappa shape index (κ2) is 8.87. The van der Waals surface area contributed by atoms with Gasteiger partial charge in [0.1, 0.15) is 12.1 Å². The van der Waals surface area contributed by atoms with E-state index in [9.17, 15) is 28.2 Å². The summed E-state index contributed by atoms with van der Waals surface area (Å²) in [6.07, 6.45) is -0.0131. The quantitative estimate of drug-likeness (QED) is 0.475. The minimum atomic E-state index is -4.44. The number of rotatable bonds is 8. The molecule has 0 heterocycles. The summed E-state index contributed by atoms with van der Waals surface area (Å²) >= 11 is 5.92. The van der Waals surface area contributed by atoms with Crippen LogP contribution in [0.1, 0.15) is 23.5 Å². The van der Waals surface area contributed by atoms with E-state index in [-0.39, 0.29) is 11.3 Å². The van der Waals surface area contributed by atoms with Crippen LogP contribution in [0.2, 0.25) is 5.02 Å². The highest BCUT2D eigenvalue weighted by atomic mass is 35.5. The predicted molar refractivity (Wildman–Crippen MR) is 127 cm³/mol. The topological polar surface area (TPSA) is 112 Å². The van der Waals surface area contributed by atoms with Gasteiger partial charge in [-0.15, -0.1) is 0 Å². The summed E-state index contributed by atoms with van der Waals surface area (Å²) in [7, 11) is -4.44. The van der Waals surface area contributed by atoms with Crippen molar-refractivity contribution in [3.63, 3.8) is 0 Å². The zero-order valence-corrected chi connectivity index (χ0v) is 19.8. The van der Waals surface area contributed by atoms with Crippen LogP contribution >= 0.6 is 11.6 Å². The average molecular weight is 500 g/mol. The minimum Gasteiger partial charge on any atom is -0.480 e. The van der Waals surface area contributed by atoms with Crippen molar-refractivity contribution in [2.75, 3.05) is 6.54 Å². The van der Waals surface area contributed by atoms with Gasteiger partial charge < -0.3 is 10.2 Å². The maximum atomic E-state index is 13.6. The van der Waals surface area contributed by atoms with E-state index in [2.05, 4.69) is 0 Å². The lowest BCUT2D eigenvalue weighted by molar-refractivity contribution is -0.145. The molecule has 1 saturated carbocycles. The lowest BCUT2D eigenvalue weighted by Gasteiger charge is -2.28. The number of aliphatic carboxylic acids is 2. The molecule has 176 valence electrons. The van der Waals surface area contributed by atoms with Gasteiger partial charge in [0, 0.05) is 10.9 Å². The molecule has 1 fully saturated rings. The van der Waals surface area contributed by atoms with Gasteiger partial charge in [0.25, 0.3) is 0 Å². The second-order valence-electron chi connectivity index (χ2n) is 8.33. The first kappa shape index (κ1) is 23.9. The largest absolute Gasteiger partial charge is 0.480 e. The normalized spacial score (nSPS) is 19.7. The summed E-state index contributed by atoms with van der Waals surface area (Å²) < 4.78 is 27.7. The standard InChI is InChI=1S/C25H22ClNO6S/c1-16-2-4-19(5-3-16)22-14-25(22,24(30)31)27(15-23(28)29)34(32,33)21-12-8-18(9-13-21)17-6-10-20(26)11-7-17/h2-13,22H,14-15H2,1H3,(H,28,29)(H,30,31)/t22-,25+/m0/s1. The number of halogens is 1. The van der Waals surface area contributed by atoms with E-state index >= 15 is 0 Å². The summed E-state index contributed by atoms with van der Waals surface area (Å²) in [4.78, 5) is 23.8. The maximum Gasteiger partial charge on any atom is 0.325 e. The fourth-order valence-electron chi connectivity index (χ4n) is 4.22. The molecule has 0 aromatic heterocycles. The molecule has 2 atom stereocenters. The van der Waals surface area contributed by atoms with Gasteiger partial charge in [-0.3, -0.25) is 9.59 Å². The van der Waals surface area contributed by atoms with Crippen molar-refractivity contribution in [2.24, 2.45) is 0 Å². The van der Waals surface area contributed by atoms with E-state index in [0.29, 0.717) is 14.9 Å². The van der Waals surface area contributed by atoms with Crippen LogP contribution in [0.25, 0.3) is 11.1 Å². The van der Waals surface area contributed by atoms with Gasteiger partial charge in [-0.25, -0.2) is 8.42 Å². The van der Waals surface area contributed by atoms with Crippen LogP contribution in [0.4, 0.5) is 0 Å². The number of sulfonamides is 1. The van der Waals surface area contributed by atoms with Gasteiger partial charge in [0.2, 0.25) is 10.0 Å². The first-order valence-electron chi connectivity index (χ1n) is 10.5. The highest BCUT2D eigenvalue weighted by Crippen LogP contribution is 2.57. The Morgan fingerprint density at radius 1 is 0.941 bits per heavy atom. The van der Waals surface area contributed by atoms with Gasteiger partial charge in [-0.1, -0.05) is 65.7 Å². The first-order chi connectivity index (χ1) is 16.1. The molecule has 2 N–H and O–H groups in total. The van der Waals surface area contributed by atoms with Crippen LogP contribution in [0.3, 0.4) is 0 Å². The summed E-state index contributed by atoms with van der Waals surface area (Å²) in [6, 6.07) is 20.0. The van der Waals surface area contributed by atoms with E-state index in [4.69, 9.17) is 11.6 Å². The summed E-state index contributed by atoms with van der Waals surface area (Å²) in [6.45, 7) is 0.923. The van der Waals surface area contributed by atoms with E-state index in [0.717, 1.165) is 16.7 Å². The van der Waals surface area contributed by atoms with Crippen molar-refractivity contribution >= 4 is 33.6 Å². The Morgan fingerprint density at radius 2 is 1.47 bits per heavy atom. The molecule has 3 aromatic rings. The number of carbonyl (C=O) groups is 2. The predicted octanol–water partition coefficient (Wildman–Crippen LogP) is 4.40. The third-order valence-electron chi connectivity index (χ3n) is 6.13. The Labute approximate surface area is 202 Å². The van der Waals surface area contributed by atoms with Crippen LogP contribution < -0.4 is 0 Å². The lowest BCUT2D eigenvalue weighted by Crippen LogP contribution is -2.50. The summed E-state index contributed by atoms with van der Waals surface area (Å²) in [5, 5.41) is 20.1. The highest BCUT2D eigenvalue weighted by Gasteiger charge is 2.68. The van der Waals surface area contributed by atoms with Crippen molar-refractivity contribution in [3.05, 3.63) is 88.9 Å². The van der Waals surface area contributed by atoms with Crippen molar-refractivity contribution in [1.29, 1.82) is 0 Å². The second-order valence-corrected chi connectivity index (χ2v) is 10.6. The zero-order valence-electron chi connectivity index (χ0n) is 18.2. The van der Waals surface area contributed by atoms with Crippen LogP contribution in [0, 0.1) is 6.92 Å². The molecular formula is C25H22ClNO6S. The Kier molecular flexibility index (Phi) is 6.24. The number of nitrogens with zero attached hydrogens (tertiary/aromatic N) is 1. The zero-order chi connectivity index (χ0) is 24.7. The molecule has 0 radical (unpaired) electrons. The van der Waals surface area contributed by atoms with Gasteiger partial charge in [-0.05, 0) is 54.3 Å². The SMILES string of the molecule is Cc1ccc([C@@H]2C[C@@]2(C(=O)O)N(CC(=O)O)S(=O)(=O)c2ccc(-c3ccc(Cl)cc3)cc2)cc1. The molecule has 0 saturated heterocycles. The molecular weight excluding hydrogens is 478 g/mol. The van der Waals surface area contributed by atoms with E-state index < -0.39 is 40.0 Å². The van der Waals surface area contributed by atoms with Crippen LogP contribution in [0.5, 0.6) is 0 Å². The fraction of sp³-hybridized carbons (Fsp3) is 0.200. The van der Waals surface area contributed by atoms with Crippen LogP contribution in [0.15, 0.2) is 77.7 Å². The lowest BCUT2D eigenvalue weighted by atomic mass is 10.0. The number of aryl methyl sites for hydroxylation is 1. The number of hydrogen-bond donors (Lipinski definition) is 2. The molecule has 1 aliphatic carbocycles. The molecule has 1 aliphatic rings. The van der Waals surface area contributed by atoms with Crippen molar-refractivity contribution in [1.82, 2.24) is 4.31 Å². The third kappa shape index (κ3) is 4.32. The Morgan fingerprint density at radius 3 is 1.97 bits per heavy atom. The van der Waals surface area contributed by atoms with Crippen molar-refractivity contribution in [2.45, 2.75) is 29.7 Å². The Balaban J connectivity index is 1.72. The molecule has 34 heavy (non-hydrogen) atoms. The van der Waals surface area contributed by atoms with E-state index in [1.807, 2.05) is 19.1 Å². The molecule has 4 rings (SSSR count). The van der Waals surface area contributed by atoms with Crippen molar-refractivity contribution < 1.29 is 28.2 Å². The van der Waals surface area contributed by atoms with Gasteiger partial charge >= 0.3 is 11.9 Å². The molecule has 3 aromatic carbocycles. The molecule has 0 spiro atoms. The van der Waals surface area contributed by atoms with E-state index in [1.54, 1.807) is 48.5 Å². The molecule has 0 amide bonds. The monoisotopic (exact) mass is 499 g/mol. The Bertz CT molecular complexity index is 1340. The molecule has 0 bridgehead atoms. The highest BCUT2D eigenvalue weighted by molar-refractivity contribution is 7.89. The van der Waals surface area contributed by atoms with E-state index in [1.165, 1.54) is 12.1 Å². The molecule has 0 aliphatic heterocycles. The number of benzene rings is 3. The smallest absolute Gasteiger partial charge is 0.325 e. The van der Waals surface area contributed by atoms with Crippen molar-refractivity contribution in [3.8, 4) is 11.1 Å².